The highest BCUT2D eigenvalue weighted by Crippen LogP contribution is 2.51. The first-order valence-corrected chi connectivity index (χ1v) is 21.7. The van der Waals surface area contributed by atoms with Crippen molar-refractivity contribution in [3.8, 4) is 33.6 Å². The number of aromatic nitrogens is 4. The minimum Gasteiger partial charge on any atom is -0.453 e. The number of methoxy groups -OCH3 is 2. The first kappa shape index (κ1) is 42.0. The van der Waals surface area contributed by atoms with E-state index in [-0.39, 0.29) is 41.1 Å². The van der Waals surface area contributed by atoms with Crippen LogP contribution < -0.4 is 10.6 Å². The minimum atomic E-state index is -0.698. The van der Waals surface area contributed by atoms with Gasteiger partial charge in [0, 0.05) is 30.7 Å². The molecule has 3 saturated heterocycles. The SMILES string of the molecule is COC(=O)NC(C(=O)N1CCCC1c1ncc(-c2ccc(-c3ccc(-c4cnc(C5CCCN5C(=O)C(NC(=O)OC)C(C)C)[nH]4)c4c3C3(CCOC3)CC4)cc2)[nH]1)C(C)C. The second-order valence-electron chi connectivity index (χ2n) is 17.6. The molecular weight excluding hydrogens is 777 g/mol. The molecule has 324 valence electrons. The van der Waals surface area contributed by atoms with Crippen LogP contribution in [0.25, 0.3) is 33.6 Å². The maximum Gasteiger partial charge on any atom is 0.407 e. The number of aromatic amines is 2. The highest BCUT2D eigenvalue weighted by atomic mass is 16.5. The molecule has 5 atom stereocenters. The quantitative estimate of drug-likeness (QED) is 0.126. The van der Waals surface area contributed by atoms with Gasteiger partial charge in [0.1, 0.15) is 23.7 Å². The number of carbonyl (C=O) groups excluding carboxylic acids is 4. The Labute approximate surface area is 356 Å². The molecule has 1 aliphatic carbocycles. The Balaban J connectivity index is 1.04. The van der Waals surface area contributed by atoms with Crippen molar-refractivity contribution < 1.29 is 33.4 Å². The molecule has 15 nitrogen and oxygen atoms in total. The fourth-order valence-electron chi connectivity index (χ4n) is 10.0. The van der Waals surface area contributed by atoms with Gasteiger partial charge in [-0.25, -0.2) is 19.6 Å². The predicted molar refractivity (Wildman–Crippen MR) is 228 cm³/mol. The van der Waals surface area contributed by atoms with Crippen molar-refractivity contribution in [3.63, 3.8) is 0 Å². The lowest BCUT2D eigenvalue weighted by Crippen LogP contribution is -2.51. The van der Waals surface area contributed by atoms with Gasteiger partial charge in [0.2, 0.25) is 11.8 Å². The number of rotatable bonds is 11. The van der Waals surface area contributed by atoms with E-state index in [9.17, 15) is 19.2 Å². The number of amides is 4. The summed E-state index contributed by atoms with van der Waals surface area (Å²) in [5.41, 5.74) is 8.79. The van der Waals surface area contributed by atoms with Crippen molar-refractivity contribution in [1.82, 2.24) is 40.4 Å². The molecule has 2 aromatic carbocycles. The van der Waals surface area contributed by atoms with Crippen molar-refractivity contribution in [2.75, 3.05) is 40.5 Å². The lowest BCUT2D eigenvalue weighted by molar-refractivity contribution is -0.136. The van der Waals surface area contributed by atoms with Gasteiger partial charge >= 0.3 is 12.2 Å². The molecule has 5 unspecified atom stereocenters. The fraction of sp³-hybridized carbons (Fsp3) is 0.522. The van der Waals surface area contributed by atoms with E-state index in [0.717, 1.165) is 91.3 Å². The number of carbonyl (C=O) groups is 4. The van der Waals surface area contributed by atoms with E-state index in [4.69, 9.17) is 24.2 Å². The molecule has 4 aromatic rings. The molecular formula is C46H58N8O7. The molecule has 61 heavy (non-hydrogen) atoms. The van der Waals surface area contributed by atoms with Crippen molar-refractivity contribution in [1.29, 1.82) is 0 Å². The number of nitrogens with one attached hydrogen (secondary N) is 4. The summed E-state index contributed by atoms with van der Waals surface area (Å²) in [6, 6.07) is 11.2. The fourth-order valence-corrected chi connectivity index (χ4v) is 10.0. The Bertz CT molecular complexity index is 2260. The number of alkyl carbamates (subject to hydrolysis) is 2. The van der Waals surface area contributed by atoms with E-state index in [1.807, 2.05) is 49.9 Å². The average molecular weight is 835 g/mol. The van der Waals surface area contributed by atoms with Gasteiger partial charge in [-0.3, -0.25) is 9.59 Å². The summed E-state index contributed by atoms with van der Waals surface area (Å²) < 4.78 is 15.7. The normalized spacial score (nSPS) is 21.9. The van der Waals surface area contributed by atoms with Crippen LogP contribution in [0, 0.1) is 11.8 Å². The third kappa shape index (κ3) is 7.99. The number of H-pyrrole nitrogens is 2. The lowest BCUT2D eigenvalue weighted by Gasteiger charge is -2.30. The Hall–Kier alpha value is -5.70. The van der Waals surface area contributed by atoms with Crippen LogP contribution in [0.1, 0.15) is 101 Å². The Kier molecular flexibility index (Phi) is 11.9. The molecule has 4 amide bonds. The first-order valence-electron chi connectivity index (χ1n) is 21.7. The Morgan fingerprint density at radius 1 is 0.738 bits per heavy atom. The van der Waals surface area contributed by atoms with E-state index in [0.29, 0.717) is 19.7 Å². The van der Waals surface area contributed by atoms with Crippen LogP contribution in [0.4, 0.5) is 9.59 Å². The monoisotopic (exact) mass is 834 g/mol. The summed E-state index contributed by atoms with van der Waals surface area (Å²) in [4.78, 5) is 72.0. The molecule has 0 radical (unpaired) electrons. The number of fused-ring (bicyclic) bond motifs is 2. The summed E-state index contributed by atoms with van der Waals surface area (Å²) in [5.74, 6) is 0.979. The molecule has 3 aliphatic heterocycles. The number of nitrogens with zero attached hydrogens (tertiary/aromatic N) is 4. The first-order chi connectivity index (χ1) is 29.4. The van der Waals surface area contributed by atoms with Crippen LogP contribution in [-0.2, 0) is 35.6 Å². The van der Waals surface area contributed by atoms with Crippen LogP contribution in [-0.4, -0.2) is 106 Å². The Morgan fingerprint density at radius 2 is 1.26 bits per heavy atom. The van der Waals surface area contributed by atoms with Crippen LogP contribution in [0.15, 0.2) is 48.8 Å². The van der Waals surface area contributed by atoms with Gasteiger partial charge in [-0.1, -0.05) is 64.1 Å². The molecule has 3 fully saturated rings. The van der Waals surface area contributed by atoms with E-state index in [2.05, 4.69) is 57.0 Å². The summed E-state index contributed by atoms with van der Waals surface area (Å²) in [6.45, 7) is 10.3. The van der Waals surface area contributed by atoms with E-state index >= 15 is 0 Å². The largest absolute Gasteiger partial charge is 0.453 e. The number of hydrogen-bond acceptors (Lipinski definition) is 9. The van der Waals surface area contributed by atoms with Gasteiger partial charge in [-0.15, -0.1) is 0 Å². The number of imidazole rings is 2. The average Bonchev–Trinajstić information content (AvgIpc) is 4.13. The molecule has 5 heterocycles. The zero-order chi connectivity index (χ0) is 43.0. The predicted octanol–water partition coefficient (Wildman–Crippen LogP) is 6.83. The topological polar surface area (TPSA) is 184 Å². The Morgan fingerprint density at radius 3 is 1.79 bits per heavy atom. The van der Waals surface area contributed by atoms with Gasteiger partial charge in [0.05, 0.1) is 56.7 Å². The lowest BCUT2D eigenvalue weighted by atomic mass is 9.77. The second kappa shape index (κ2) is 17.3. The van der Waals surface area contributed by atoms with Crippen LogP contribution in [0.3, 0.4) is 0 Å². The highest BCUT2D eigenvalue weighted by molar-refractivity contribution is 5.87. The molecule has 4 N–H and O–H groups in total. The third-order valence-electron chi connectivity index (χ3n) is 13.3. The molecule has 15 heteroatoms. The van der Waals surface area contributed by atoms with Crippen molar-refractivity contribution in [2.45, 2.75) is 102 Å². The maximum atomic E-state index is 13.8. The smallest absolute Gasteiger partial charge is 0.407 e. The van der Waals surface area contributed by atoms with Crippen LogP contribution in [0.5, 0.6) is 0 Å². The number of ether oxygens (including phenoxy) is 3. The third-order valence-corrected chi connectivity index (χ3v) is 13.3. The summed E-state index contributed by atoms with van der Waals surface area (Å²) in [5, 5.41) is 5.45. The number of likely N-dealkylation sites (tertiary alicyclic amines) is 2. The van der Waals surface area contributed by atoms with Gasteiger partial charge in [0.25, 0.3) is 0 Å². The van der Waals surface area contributed by atoms with Gasteiger partial charge < -0.3 is 44.6 Å². The van der Waals surface area contributed by atoms with E-state index in [1.165, 1.54) is 30.9 Å². The standard InChI is InChI=1S/C46H58N8O7/c1-26(2)38(51-44(57)59-5)42(55)53-20-7-9-35(53)40-47-23-33(49-40)29-13-11-28(12-14-29)30-15-16-31(32-17-18-46(37(30)32)19-22-61-25-46)34-24-48-41(50-34)36-10-8-21-54(36)43(56)39(27(3)4)52-45(58)60-6/h11-16,23-24,26-27,35-36,38-39H,7-10,17-22,25H2,1-6H3,(H,47,49)(H,48,50)(H,51,57)(H,52,58). The zero-order valence-electron chi connectivity index (χ0n) is 36.0. The number of benzene rings is 2. The van der Waals surface area contributed by atoms with Gasteiger partial charge in [-0.2, -0.15) is 0 Å². The molecule has 2 aromatic heterocycles. The maximum absolute atomic E-state index is 13.8. The summed E-state index contributed by atoms with van der Waals surface area (Å²) in [6.07, 6.45) is 8.62. The summed E-state index contributed by atoms with van der Waals surface area (Å²) >= 11 is 0. The molecule has 1 spiro atoms. The van der Waals surface area contributed by atoms with E-state index < -0.39 is 24.3 Å². The second-order valence-corrected chi connectivity index (χ2v) is 17.6. The van der Waals surface area contributed by atoms with Crippen molar-refractivity contribution in [2.24, 2.45) is 11.8 Å². The zero-order valence-corrected chi connectivity index (χ0v) is 36.0. The van der Waals surface area contributed by atoms with Gasteiger partial charge in [0.15, 0.2) is 0 Å². The van der Waals surface area contributed by atoms with E-state index in [1.54, 1.807) is 0 Å². The molecule has 4 aliphatic rings. The van der Waals surface area contributed by atoms with Crippen molar-refractivity contribution >= 4 is 24.0 Å². The number of hydrogen-bond donors (Lipinski definition) is 4. The van der Waals surface area contributed by atoms with Crippen molar-refractivity contribution in [3.05, 3.63) is 71.6 Å². The van der Waals surface area contributed by atoms with Gasteiger partial charge in [-0.05, 0) is 84.6 Å². The molecule has 0 saturated carbocycles. The van der Waals surface area contributed by atoms with Crippen LogP contribution >= 0.6 is 0 Å². The highest BCUT2D eigenvalue weighted by Gasteiger charge is 2.45. The van der Waals surface area contributed by atoms with Crippen LogP contribution in [0.2, 0.25) is 0 Å². The minimum absolute atomic E-state index is 0.0703. The molecule has 0 bridgehead atoms. The summed E-state index contributed by atoms with van der Waals surface area (Å²) in [7, 11) is 2.60. The molecule has 8 rings (SSSR count).